The Morgan fingerprint density at radius 1 is 1.03 bits per heavy atom. The molecule has 0 unspecified atom stereocenters. The number of rotatable bonds is 11. The second kappa shape index (κ2) is 11.7. The number of hydrogen-bond acceptors (Lipinski definition) is 9. The van der Waals surface area contributed by atoms with E-state index >= 15 is 4.39 Å². The molecule has 1 aliphatic rings. The van der Waals surface area contributed by atoms with Crippen molar-refractivity contribution in [2.45, 2.75) is 49.5 Å². The Balaban J connectivity index is 1.41. The lowest BCUT2D eigenvalue weighted by Crippen LogP contribution is -2.39. The first-order valence-electron chi connectivity index (χ1n) is 12.3. The van der Waals surface area contributed by atoms with Gasteiger partial charge in [0.1, 0.15) is 17.9 Å². The van der Waals surface area contributed by atoms with Crippen molar-refractivity contribution in [1.82, 2.24) is 19.4 Å². The summed E-state index contributed by atoms with van der Waals surface area (Å²) in [6, 6.07) is 19.3. The van der Waals surface area contributed by atoms with Crippen molar-refractivity contribution in [3.8, 4) is 6.01 Å². The molecule has 0 spiro atoms. The summed E-state index contributed by atoms with van der Waals surface area (Å²) in [6.45, 7) is 2.63. The Labute approximate surface area is 224 Å². The summed E-state index contributed by atoms with van der Waals surface area (Å²) in [4.78, 5) is 13.1. The molecule has 4 aromatic rings. The molecule has 0 saturated carbocycles. The predicted octanol–water partition coefficient (Wildman–Crippen LogP) is 3.93. The van der Waals surface area contributed by atoms with E-state index in [0.29, 0.717) is 18.4 Å². The molecule has 0 amide bonds. The first-order valence-corrected chi connectivity index (χ1v) is 13.5. The number of imidazole rings is 1. The lowest BCUT2D eigenvalue weighted by molar-refractivity contribution is -0.231. The molecule has 200 valence electrons. The molecule has 1 fully saturated rings. The van der Waals surface area contributed by atoms with Gasteiger partial charge in [0.2, 0.25) is 11.6 Å². The van der Waals surface area contributed by atoms with Crippen molar-refractivity contribution in [3.63, 3.8) is 0 Å². The van der Waals surface area contributed by atoms with E-state index in [2.05, 4.69) is 15.0 Å². The summed E-state index contributed by atoms with van der Waals surface area (Å²) in [5.74, 6) is -2.18. The van der Waals surface area contributed by atoms with Crippen LogP contribution < -0.4 is 4.74 Å². The molecule has 2 aromatic heterocycles. The van der Waals surface area contributed by atoms with Crippen LogP contribution >= 0.6 is 11.8 Å². The van der Waals surface area contributed by atoms with Crippen LogP contribution in [0.2, 0.25) is 0 Å². The maximum Gasteiger partial charge on any atom is 0.305 e. The van der Waals surface area contributed by atoms with Crippen molar-refractivity contribution in [2.75, 3.05) is 19.5 Å². The number of hydrogen-bond donors (Lipinski definition) is 1. The molecule has 11 heteroatoms. The molecule has 38 heavy (non-hydrogen) atoms. The maximum absolute atomic E-state index is 16.1. The van der Waals surface area contributed by atoms with Gasteiger partial charge in [-0.2, -0.15) is 9.97 Å². The van der Waals surface area contributed by atoms with Crippen LogP contribution in [-0.4, -0.2) is 62.3 Å². The standard InChI is InChI=1S/C27H29FN4O5S/c1-3-35-26-31-25(38-2)30-24-29-21(14-32(24)26)27(33)23(28)22(36-16-19-12-8-5-9-13-19)20(37-27)17-34-15-18-10-6-4-7-11-18/h4-14,20,22-23,33H,3,15-17H2,1-2H3/t20-,22-,23-,27+/m1/s1. The zero-order chi connectivity index (χ0) is 26.5. The van der Waals surface area contributed by atoms with Crippen LogP contribution in [0.1, 0.15) is 23.7 Å². The molecule has 1 saturated heterocycles. The topological polar surface area (TPSA) is 100 Å². The van der Waals surface area contributed by atoms with Crippen LogP contribution in [0.5, 0.6) is 6.01 Å². The van der Waals surface area contributed by atoms with Gasteiger partial charge in [0, 0.05) is 6.20 Å². The third kappa shape index (κ3) is 5.52. The van der Waals surface area contributed by atoms with Crippen LogP contribution in [0.3, 0.4) is 0 Å². The van der Waals surface area contributed by atoms with Crippen LogP contribution in [-0.2, 0) is 33.2 Å². The zero-order valence-electron chi connectivity index (χ0n) is 21.1. The molecular weight excluding hydrogens is 511 g/mol. The van der Waals surface area contributed by atoms with E-state index in [9.17, 15) is 5.11 Å². The van der Waals surface area contributed by atoms with Crippen LogP contribution in [0.25, 0.3) is 5.78 Å². The van der Waals surface area contributed by atoms with Crippen LogP contribution in [0.15, 0.2) is 72.0 Å². The monoisotopic (exact) mass is 540 g/mol. The fourth-order valence-corrected chi connectivity index (χ4v) is 4.60. The molecule has 1 N–H and O–H groups in total. The molecule has 4 atom stereocenters. The smallest absolute Gasteiger partial charge is 0.305 e. The average molecular weight is 541 g/mol. The number of nitrogens with zero attached hydrogens (tertiary/aromatic N) is 4. The number of ether oxygens (including phenoxy) is 4. The number of benzene rings is 2. The number of halogens is 1. The van der Waals surface area contributed by atoms with Crippen molar-refractivity contribution in [3.05, 3.63) is 83.7 Å². The predicted molar refractivity (Wildman–Crippen MR) is 139 cm³/mol. The van der Waals surface area contributed by atoms with Gasteiger partial charge in [-0.25, -0.2) is 13.8 Å². The SMILES string of the molecule is CCOc1nc(SC)nc2nc([C@]3(O)O[C@H](COCc4ccccc4)[C@@H](OCc4ccccc4)[C@H]3F)cn12. The van der Waals surface area contributed by atoms with Gasteiger partial charge in [-0.05, 0) is 24.3 Å². The van der Waals surface area contributed by atoms with E-state index in [4.69, 9.17) is 18.9 Å². The zero-order valence-corrected chi connectivity index (χ0v) is 21.9. The highest BCUT2D eigenvalue weighted by Crippen LogP contribution is 2.41. The van der Waals surface area contributed by atoms with E-state index in [1.165, 1.54) is 22.4 Å². The third-order valence-corrected chi connectivity index (χ3v) is 6.69. The lowest BCUT2D eigenvalue weighted by Gasteiger charge is -2.22. The molecule has 0 bridgehead atoms. The lowest BCUT2D eigenvalue weighted by atomic mass is 10.0. The highest BCUT2D eigenvalue weighted by molar-refractivity contribution is 7.98. The quantitative estimate of drug-likeness (QED) is 0.284. The number of fused-ring (bicyclic) bond motifs is 1. The van der Waals surface area contributed by atoms with E-state index in [0.717, 1.165) is 11.1 Å². The molecule has 5 rings (SSSR count). The molecule has 2 aromatic carbocycles. The van der Waals surface area contributed by atoms with Crippen LogP contribution in [0.4, 0.5) is 4.39 Å². The number of aromatic nitrogens is 4. The summed E-state index contributed by atoms with van der Waals surface area (Å²) < 4.78 is 40.9. The van der Waals surface area contributed by atoms with Gasteiger partial charge in [-0.3, -0.25) is 0 Å². The molecule has 1 aliphatic heterocycles. The van der Waals surface area contributed by atoms with Gasteiger partial charge in [-0.1, -0.05) is 72.4 Å². The first kappa shape index (κ1) is 26.5. The summed E-state index contributed by atoms with van der Waals surface area (Å²) in [5.41, 5.74) is 1.77. The van der Waals surface area contributed by atoms with Gasteiger partial charge in [0.15, 0.2) is 11.3 Å². The average Bonchev–Trinajstić information content (AvgIpc) is 3.49. The summed E-state index contributed by atoms with van der Waals surface area (Å²) in [5, 5.41) is 12.0. The first-order chi connectivity index (χ1) is 18.5. The van der Waals surface area contributed by atoms with E-state index in [-0.39, 0.29) is 30.7 Å². The molecule has 3 heterocycles. The van der Waals surface area contributed by atoms with E-state index < -0.39 is 24.2 Å². The maximum atomic E-state index is 16.1. The molecule has 0 aliphatic carbocycles. The minimum Gasteiger partial charge on any atom is -0.465 e. The Kier molecular flexibility index (Phi) is 8.20. The Morgan fingerprint density at radius 2 is 1.71 bits per heavy atom. The highest BCUT2D eigenvalue weighted by atomic mass is 32.2. The number of aliphatic hydroxyl groups is 1. The Hall–Kier alpha value is -3.09. The summed E-state index contributed by atoms with van der Waals surface area (Å²) in [7, 11) is 0. The van der Waals surface area contributed by atoms with Crippen LogP contribution in [0, 0.1) is 0 Å². The molecule has 9 nitrogen and oxygen atoms in total. The summed E-state index contributed by atoms with van der Waals surface area (Å²) >= 11 is 1.32. The third-order valence-electron chi connectivity index (χ3n) is 6.14. The summed E-state index contributed by atoms with van der Waals surface area (Å²) in [6.07, 6.45) is -0.708. The van der Waals surface area contributed by atoms with Crippen molar-refractivity contribution >= 4 is 17.5 Å². The van der Waals surface area contributed by atoms with Gasteiger partial charge < -0.3 is 24.1 Å². The second-order valence-corrected chi connectivity index (χ2v) is 9.51. The number of alkyl halides is 1. The van der Waals surface area contributed by atoms with Crippen molar-refractivity contribution in [2.24, 2.45) is 0 Å². The normalized spacial score (nSPS) is 23.2. The fourth-order valence-electron chi connectivity index (χ4n) is 4.26. The Bertz CT molecular complexity index is 1350. The minimum absolute atomic E-state index is 0.00504. The second-order valence-electron chi connectivity index (χ2n) is 8.74. The van der Waals surface area contributed by atoms with E-state index in [1.807, 2.05) is 73.8 Å². The van der Waals surface area contributed by atoms with Crippen molar-refractivity contribution in [1.29, 1.82) is 0 Å². The van der Waals surface area contributed by atoms with Gasteiger partial charge >= 0.3 is 6.01 Å². The molecule has 0 radical (unpaired) electrons. The highest BCUT2D eigenvalue weighted by Gasteiger charge is 2.58. The minimum atomic E-state index is -2.39. The fraction of sp³-hybridized carbons (Fsp3) is 0.370. The number of thioether (sulfide) groups is 1. The van der Waals surface area contributed by atoms with E-state index in [1.54, 1.807) is 0 Å². The Morgan fingerprint density at radius 3 is 2.37 bits per heavy atom. The largest absolute Gasteiger partial charge is 0.465 e. The van der Waals surface area contributed by atoms with Gasteiger partial charge in [-0.15, -0.1) is 0 Å². The van der Waals surface area contributed by atoms with Gasteiger partial charge in [0.05, 0.1) is 26.4 Å². The van der Waals surface area contributed by atoms with Gasteiger partial charge in [0.25, 0.3) is 0 Å². The molecular formula is C27H29FN4O5S. The van der Waals surface area contributed by atoms with Crippen molar-refractivity contribution < 1.29 is 28.4 Å².